The van der Waals surface area contributed by atoms with Crippen LogP contribution in [0.1, 0.15) is 26.2 Å². The zero-order valence-electron chi connectivity index (χ0n) is 14.8. The Labute approximate surface area is 144 Å². The second kappa shape index (κ2) is 8.16. The minimum absolute atomic E-state index is 0.216. The Balaban J connectivity index is 1.35. The highest BCUT2D eigenvalue weighted by Crippen LogP contribution is 2.28. The SMILES string of the molecule is CC1CN(C(N)=NCCN2CCN(C(=O)C3CCC3)CC2)CCO1. The molecule has 2 aliphatic heterocycles. The van der Waals surface area contributed by atoms with Gasteiger partial charge in [0.25, 0.3) is 0 Å². The standard InChI is InChI=1S/C17H31N5O2/c1-14-13-22(11-12-24-14)17(18)19-5-6-20-7-9-21(10-8-20)16(23)15-3-2-4-15/h14-15H,2-13H2,1H3,(H2,18,19). The van der Waals surface area contributed by atoms with Crippen LogP contribution in [0.25, 0.3) is 0 Å². The van der Waals surface area contributed by atoms with Crippen molar-refractivity contribution in [2.24, 2.45) is 16.6 Å². The zero-order chi connectivity index (χ0) is 16.9. The van der Waals surface area contributed by atoms with Gasteiger partial charge in [-0.3, -0.25) is 14.7 Å². The quantitative estimate of drug-likeness (QED) is 0.576. The molecule has 0 aromatic carbocycles. The highest BCUT2D eigenvalue weighted by Gasteiger charge is 2.31. The number of nitrogens with zero attached hydrogens (tertiary/aromatic N) is 4. The predicted octanol–water partition coefficient (Wildman–Crippen LogP) is -0.0339. The highest BCUT2D eigenvalue weighted by atomic mass is 16.5. The molecule has 1 atom stereocenters. The first-order chi connectivity index (χ1) is 11.6. The number of carbonyl (C=O) groups excluding carboxylic acids is 1. The third-order valence-corrected chi connectivity index (χ3v) is 5.39. The summed E-state index contributed by atoms with van der Waals surface area (Å²) >= 11 is 0. The molecule has 2 saturated heterocycles. The van der Waals surface area contributed by atoms with Gasteiger partial charge < -0.3 is 20.3 Å². The smallest absolute Gasteiger partial charge is 0.225 e. The van der Waals surface area contributed by atoms with Crippen molar-refractivity contribution in [3.05, 3.63) is 0 Å². The molecule has 24 heavy (non-hydrogen) atoms. The maximum atomic E-state index is 12.2. The number of morpholine rings is 1. The lowest BCUT2D eigenvalue weighted by Crippen LogP contribution is -2.51. The lowest BCUT2D eigenvalue weighted by atomic mass is 9.84. The van der Waals surface area contributed by atoms with Crippen LogP contribution in [0.5, 0.6) is 0 Å². The van der Waals surface area contributed by atoms with Crippen LogP contribution in [0.2, 0.25) is 0 Å². The summed E-state index contributed by atoms with van der Waals surface area (Å²) in [6.45, 7) is 9.65. The molecular weight excluding hydrogens is 306 g/mol. The molecule has 3 aliphatic rings. The van der Waals surface area contributed by atoms with Gasteiger partial charge >= 0.3 is 0 Å². The van der Waals surface area contributed by atoms with E-state index in [2.05, 4.69) is 21.7 Å². The number of piperazine rings is 1. The monoisotopic (exact) mass is 337 g/mol. The van der Waals surface area contributed by atoms with Gasteiger partial charge in [-0.15, -0.1) is 0 Å². The summed E-state index contributed by atoms with van der Waals surface area (Å²) in [7, 11) is 0. The molecule has 1 amide bonds. The van der Waals surface area contributed by atoms with Crippen LogP contribution in [-0.4, -0.2) is 91.6 Å². The first-order valence-corrected chi connectivity index (χ1v) is 9.31. The van der Waals surface area contributed by atoms with Crippen LogP contribution in [0.4, 0.5) is 0 Å². The van der Waals surface area contributed by atoms with Gasteiger partial charge in [0, 0.05) is 51.7 Å². The van der Waals surface area contributed by atoms with Crippen molar-refractivity contribution < 1.29 is 9.53 Å². The van der Waals surface area contributed by atoms with E-state index in [1.807, 2.05) is 4.90 Å². The third-order valence-electron chi connectivity index (χ3n) is 5.39. The maximum Gasteiger partial charge on any atom is 0.225 e. The number of amides is 1. The fraction of sp³-hybridized carbons (Fsp3) is 0.882. The minimum Gasteiger partial charge on any atom is -0.375 e. The van der Waals surface area contributed by atoms with Crippen molar-refractivity contribution in [3.63, 3.8) is 0 Å². The van der Waals surface area contributed by atoms with Crippen molar-refractivity contribution in [1.82, 2.24) is 14.7 Å². The van der Waals surface area contributed by atoms with E-state index in [-0.39, 0.29) is 6.10 Å². The number of aliphatic imine (C=N–C) groups is 1. The van der Waals surface area contributed by atoms with Crippen LogP contribution < -0.4 is 5.73 Å². The van der Waals surface area contributed by atoms with E-state index in [4.69, 9.17) is 10.5 Å². The van der Waals surface area contributed by atoms with Crippen molar-refractivity contribution in [2.75, 3.05) is 59.0 Å². The molecule has 2 heterocycles. The van der Waals surface area contributed by atoms with Crippen LogP contribution in [0, 0.1) is 5.92 Å². The molecular formula is C17H31N5O2. The van der Waals surface area contributed by atoms with Gasteiger partial charge in [-0.25, -0.2) is 0 Å². The van der Waals surface area contributed by atoms with E-state index in [1.54, 1.807) is 0 Å². The molecule has 3 rings (SSSR count). The molecule has 3 fully saturated rings. The predicted molar refractivity (Wildman–Crippen MR) is 93.8 cm³/mol. The summed E-state index contributed by atoms with van der Waals surface area (Å²) in [5.74, 6) is 1.32. The number of ether oxygens (including phenoxy) is 1. The lowest BCUT2D eigenvalue weighted by Gasteiger charge is -2.38. The summed E-state index contributed by atoms with van der Waals surface area (Å²) in [4.78, 5) is 23.3. The van der Waals surface area contributed by atoms with Gasteiger partial charge in [-0.05, 0) is 19.8 Å². The van der Waals surface area contributed by atoms with Crippen LogP contribution >= 0.6 is 0 Å². The molecule has 2 N–H and O–H groups in total. The summed E-state index contributed by atoms with van der Waals surface area (Å²) in [5.41, 5.74) is 6.09. The van der Waals surface area contributed by atoms with Gasteiger partial charge in [-0.1, -0.05) is 6.42 Å². The summed E-state index contributed by atoms with van der Waals surface area (Å²) in [6, 6.07) is 0. The first kappa shape index (κ1) is 17.5. The van der Waals surface area contributed by atoms with Gasteiger partial charge in [0.2, 0.25) is 5.91 Å². The summed E-state index contributed by atoms with van der Waals surface area (Å²) in [6.07, 6.45) is 3.62. The van der Waals surface area contributed by atoms with E-state index in [1.165, 1.54) is 6.42 Å². The Morgan fingerprint density at radius 3 is 2.54 bits per heavy atom. The number of rotatable bonds is 4. The Bertz CT molecular complexity index is 458. The van der Waals surface area contributed by atoms with Gasteiger partial charge in [0.05, 0.1) is 19.3 Å². The van der Waals surface area contributed by atoms with Gasteiger partial charge in [0.15, 0.2) is 5.96 Å². The summed E-state index contributed by atoms with van der Waals surface area (Å²) in [5, 5.41) is 0. The van der Waals surface area contributed by atoms with Crippen molar-refractivity contribution in [2.45, 2.75) is 32.3 Å². The van der Waals surface area contributed by atoms with Crippen molar-refractivity contribution in [3.8, 4) is 0 Å². The fourth-order valence-corrected chi connectivity index (χ4v) is 3.54. The van der Waals surface area contributed by atoms with Crippen molar-refractivity contribution in [1.29, 1.82) is 0 Å². The van der Waals surface area contributed by atoms with E-state index in [9.17, 15) is 4.79 Å². The molecule has 7 heteroatoms. The molecule has 7 nitrogen and oxygen atoms in total. The Kier molecular flexibility index (Phi) is 5.94. The van der Waals surface area contributed by atoms with Gasteiger partial charge in [0.1, 0.15) is 0 Å². The Morgan fingerprint density at radius 1 is 1.17 bits per heavy atom. The van der Waals surface area contributed by atoms with Crippen LogP contribution in [-0.2, 0) is 9.53 Å². The van der Waals surface area contributed by atoms with Crippen LogP contribution in [0.15, 0.2) is 4.99 Å². The Morgan fingerprint density at radius 2 is 1.92 bits per heavy atom. The van der Waals surface area contributed by atoms with E-state index in [0.29, 0.717) is 30.9 Å². The number of guanidine groups is 1. The highest BCUT2D eigenvalue weighted by molar-refractivity contribution is 5.79. The molecule has 136 valence electrons. The fourth-order valence-electron chi connectivity index (χ4n) is 3.54. The number of carbonyl (C=O) groups is 1. The van der Waals surface area contributed by atoms with Crippen molar-refractivity contribution >= 4 is 11.9 Å². The minimum atomic E-state index is 0.216. The molecule has 0 bridgehead atoms. The van der Waals surface area contributed by atoms with E-state index in [0.717, 1.165) is 58.7 Å². The molecule has 0 aromatic heterocycles. The summed E-state index contributed by atoms with van der Waals surface area (Å²) < 4.78 is 5.52. The normalized spacial score (nSPS) is 27.2. The maximum absolute atomic E-state index is 12.2. The lowest BCUT2D eigenvalue weighted by molar-refractivity contribution is -0.139. The van der Waals surface area contributed by atoms with Crippen LogP contribution in [0.3, 0.4) is 0 Å². The van der Waals surface area contributed by atoms with E-state index >= 15 is 0 Å². The third kappa shape index (κ3) is 4.39. The van der Waals surface area contributed by atoms with Gasteiger partial charge in [-0.2, -0.15) is 0 Å². The topological polar surface area (TPSA) is 74.4 Å². The molecule has 1 aliphatic carbocycles. The second-order valence-corrected chi connectivity index (χ2v) is 7.16. The number of hydrogen-bond donors (Lipinski definition) is 1. The average molecular weight is 337 g/mol. The van der Waals surface area contributed by atoms with E-state index < -0.39 is 0 Å². The molecule has 1 unspecified atom stereocenters. The molecule has 0 spiro atoms. The average Bonchev–Trinajstić information content (AvgIpc) is 2.53. The largest absolute Gasteiger partial charge is 0.375 e. The number of hydrogen-bond acceptors (Lipinski definition) is 4. The number of nitrogens with two attached hydrogens (primary N) is 1. The zero-order valence-corrected chi connectivity index (χ0v) is 14.8. The molecule has 0 aromatic rings. The first-order valence-electron chi connectivity index (χ1n) is 9.31. The second-order valence-electron chi connectivity index (χ2n) is 7.16. The Hall–Kier alpha value is -1.34. The molecule has 1 saturated carbocycles. The molecule has 0 radical (unpaired) electrons.